The summed E-state index contributed by atoms with van der Waals surface area (Å²) in [5, 5.41) is 0. The van der Waals surface area contributed by atoms with Gasteiger partial charge >= 0.3 is 0 Å². The number of hydrogen-bond acceptors (Lipinski definition) is 3. The van der Waals surface area contributed by atoms with E-state index in [0.29, 0.717) is 13.0 Å². The van der Waals surface area contributed by atoms with Gasteiger partial charge in [-0.2, -0.15) is 0 Å². The van der Waals surface area contributed by atoms with Crippen LogP contribution in [0.2, 0.25) is 0 Å². The molecular weight excluding hydrogens is 314 g/mol. The normalized spacial score (nSPS) is 15.8. The molecule has 0 aliphatic carbocycles. The summed E-state index contributed by atoms with van der Waals surface area (Å²) in [6, 6.07) is 12.1. The van der Waals surface area contributed by atoms with E-state index < -0.39 is 0 Å². The Morgan fingerprint density at radius 3 is 3.00 bits per heavy atom. The van der Waals surface area contributed by atoms with Gasteiger partial charge in [-0.15, -0.1) is 0 Å². The van der Waals surface area contributed by atoms with Crippen molar-refractivity contribution in [3.05, 3.63) is 65.6 Å². The van der Waals surface area contributed by atoms with Crippen molar-refractivity contribution < 1.29 is 9.53 Å². The zero-order chi connectivity index (χ0) is 17.4. The number of carbonyl (C=O) groups is 1. The van der Waals surface area contributed by atoms with E-state index in [9.17, 15) is 4.79 Å². The first-order valence-corrected chi connectivity index (χ1v) is 8.52. The number of benzene rings is 1. The fourth-order valence-corrected chi connectivity index (χ4v) is 3.39. The quantitative estimate of drug-likeness (QED) is 0.736. The summed E-state index contributed by atoms with van der Waals surface area (Å²) in [4.78, 5) is 18.8. The van der Waals surface area contributed by atoms with Crippen molar-refractivity contribution in [3.63, 3.8) is 0 Å². The maximum Gasteiger partial charge on any atom is 0.228 e. The number of imidazole rings is 1. The number of aromatic nitrogens is 2. The Bertz CT molecular complexity index is 907. The molecule has 1 atom stereocenters. The number of carbonyl (C=O) groups excluding carboxylic acids is 1. The van der Waals surface area contributed by atoms with E-state index in [1.54, 1.807) is 11.1 Å². The van der Waals surface area contributed by atoms with Crippen molar-refractivity contribution in [3.8, 4) is 5.75 Å². The molecule has 1 aromatic carbocycles. The van der Waals surface area contributed by atoms with Gasteiger partial charge in [0.2, 0.25) is 5.91 Å². The zero-order valence-corrected chi connectivity index (χ0v) is 14.5. The minimum atomic E-state index is 0.0239. The monoisotopic (exact) mass is 335 g/mol. The molecule has 0 spiro atoms. The molecule has 5 nitrogen and oxygen atoms in total. The molecule has 0 radical (unpaired) electrons. The van der Waals surface area contributed by atoms with Gasteiger partial charge in [0.1, 0.15) is 17.5 Å². The Balaban J connectivity index is 1.42. The Morgan fingerprint density at radius 1 is 1.32 bits per heavy atom. The molecule has 0 saturated carbocycles. The first-order chi connectivity index (χ1) is 12.1. The molecule has 128 valence electrons. The van der Waals surface area contributed by atoms with Crippen LogP contribution in [0.4, 0.5) is 0 Å². The van der Waals surface area contributed by atoms with Crippen LogP contribution in [-0.2, 0) is 17.6 Å². The lowest BCUT2D eigenvalue weighted by atomic mass is 10.1. The summed E-state index contributed by atoms with van der Waals surface area (Å²) in [7, 11) is 1.84. The SMILES string of the molecule is Cc1cccn2c(CC(=O)N(C)C[C@H]3Cc4ccccc4O3)cnc12. The van der Waals surface area contributed by atoms with E-state index in [1.807, 2.05) is 54.9 Å². The fraction of sp³-hybridized carbons (Fsp3) is 0.300. The lowest BCUT2D eigenvalue weighted by Gasteiger charge is -2.21. The topological polar surface area (TPSA) is 46.8 Å². The average molecular weight is 335 g/mol. The van der Waals surface area contributed by atoms with Crippen LogP contribution in [-0.4, -0.2) is 39.9 Å². The number of aryl methyl sites for hydroxylation is 1. The van der Waals surface area contributed by atoms with Crippen molar-refractivity contribution in [2.45, 2.75) is 25.9 Å². The van der Waals surface area contributed by atoms with Crippen LogP contribution in [0.1, 0.15) is 16.8 Å². The highest BCUT2D eigenvalue weighted by Crippen LogP contribution is 2.28. The van der Waals surface area contributed by atoms with Gasteiger partial charge in [-0.1, -0.05) is 24.3 Å². The van der Waals surface area contributed by atoms with E-state index in [1.165, 1.54) is 5.56 Å². The Labute approximate surface area is 146 Å². The predicted molar refractivity (Wildman–Crippen MR) is 95.8 cm³/mol. The van der Waals surface area contributed by atoms with Gasteiger partial charge in [-0.25, -0.2) is 4.98 Å². The number of fused-ring (bicyclic) bond motifs is 2. The number of nitrogens with zero attached hydrogens (tertiary/aromatic N) is 3. The lowest BCUT2D eigenvalue weighted by Crippen LogP contribution is -2.37. The van der Waals surface area contributed by atoms with Crippen molar-refractivity contribution in [1.82, 2.24) is 14.3 Å². The standard InChI is InChI=1S/C20H21N3O2/c1-14-6-5-9-23-16(12-21-20(14)23)11-19(24)22(2)13-17-10-15-7-3-4-8-18(15)25-17/h3-9,12,17H,10-11,13H2,1-2H3/t17-/m1/s1. The van der Waals surface area contributed by atoms with Gasteiger partial charge in [-0.3, -0.25) is 4.79 Å². The number of likely N-dealkylation sites (N-methyl/N-ethyl adjacent to an activating group) is 1. The molecule has 0 N–H and O–H groups in total. The van der Waals surface area contributed by atoms with Crippen molar-refractivity contribution in [1.29, 1.82) is 0 Å². The second-order valence-electron chi connectivity index (χ2n) is 6.64. The van der Waals surface area contributed by atoms with E-state index in [2.05, 4.69) is 11.1 Å². The van der Waals surface area contributed by atoms with E-state index in [0.717, 1.165) is 29.1 Å². The second-order valence-corrected chi connectivity index (χ2v) is 6.64. The van der Waals surface area contributed by atoms with Crippen LogP contribution in [0.15, 0.2) is 48.8 Å². The average Bonchev–Trinajstić information content (AvgIpc) is 3.19. The molecule has 1 aliphatic heterocycles. The molecule has 2 aromatic heterocycles. The predicted octanol–water partition coefficient (Wildman–Crippen LogP) is 2.65. The number of hydrogen-bond donors (Lipinski definition) is 0. The molecule has 3 aromatic rings. The molecule has 0 unspecified atom stereocenters. The summed E-state index contributed by atoms with van der Waals surface area (Å²) in [6.45, 7) is 2.61. The van der Waals surface area contributed by atoms with E-state index in [-0.39, 0.29) is 12.0 Å². The maximum atomic E-state index is 12.6. The summed E-state index contributed by atoms with van der Waals surface area (Å²) in [5.74, 6) is 1.01. The molecule has 4 rings (SSSR count). The Morgan fingerprint density at radius 2 is 2.16 bits per heavy atom. The van der Waals surface area contributed by atoms with Crippen molar-refractivity contribution >= 4 is 11.6 Å². The number of pyridine rings is 1. The number of rotatable bonds is 4. The van der Waals surface area contributed by atoms with Gasteiger partial charge < -0.3 is 14.0 Å². The minimum Gasteiger partial charge on any atom is -0.488 e. The highest BCUT2D eigenvalue weighted by Gasteiger charge is 2.25. The molecule has 1 aliphatic rings. The Hall–Kier alpha value is -2.82. The maximum absolute atomic E-state index is 12.6. The molecule has 0 fully saturated rings. The van der Waals surface area contributed by atoms with Gasteiger partial charge in [0.15, 0.2) is 0 Å². The summed E-state index contributed by atoms with van der Waals surface area (Å²) < 4.78 is 7.93. The lowest BCUT2D eigenvalue weighted by molar-refractivity contribution is -0.130. The third-order valence-electron chi connectivity index (χ3n) is 4.76. The minimum absolute atomic E-state index is 0.0239. The van der Waals surface area contributed by atoms with Crippen LogP contribution in [0, 0.1) is 6.92 Å². The first-order valence-electron chi connectivity index (χ1n) is 8.52. The van der Waals surface area contributed by atoms with Crippen molar-refractivity contribution in [2.75, 3.05) is 13.6 Å². The second kappa shape index (κ2) is 6.24. The van der Waals surface area contributed by atoms with Crippen LogP contribution >= 0.6 is 0 Å². The zero-order valence-electron chi connectivity index (χ0n) is 14.5. The summed E-state index contributed by atoms with van der Waals surface area (Å²) >= 11 is 0. The van der Waals surface area contributed by atoms with Crippen LogP contribution in [0.5, 0.6) is 5.75 Å². The van der Waals surface area contributed by atoms with Crippen LogP contribution in [0.25, 0.3) is 5.65 Å². The third kappa shape index (κ3) is 2.97. The Kier molecular flexibility index (Phi) is 3.92. The molecule has 5 heteroatoms. The van der Waals surface area contributed by atoms with Crippen molar-refractivity contribution in [2.24, 2.45) is 0 Å². The molecule has 25 heavy (non-hydrogen) atoms. The van der Waals surface area contributed by atoms with Crippen LogP contribution < -0.4 is 4.74 Å². The number of para-hydroxylation sites is 1. The number of ether oxygens (including phenoxy) is 1. The summed E-state index contributed by atoms with van der Waals surface area (Å²) in [6.07, 6.45) is 4.95. The third-order valence-corrected chi connectivity index (χ3v) is 4.76. The highest BCUT2D eigenvalue weighted by molar-refractivity contribution is 5.78. The molecule has 0 saturated heterocycles. The molecule has 3 heterocycles. The van der Waals surface area contributed by atoms with Gasteiger partial charge in [0.05, 0.1) is 18.7 Å². The van der Waals surface area contributed by atoms with Gasteiger partial charge in [0, 0.05) is 25.9 Å². The molecule has 0 bridgehead atoms. The van der Waals surface area contributed by atoms with E-state index >= 15 is 0 Å². The van der Waals surface area contributed by atoms with Gasteiger partial charge in [0.25, 0.3) is 0 Å². The van der Waals surface area contributed by atoms with Gasteiger partial charge in [-0.05, 0) is 30.2 Å². The number of amides is 1. The fourth-order valence-electron chi connectivity index (χ4n) is 3.39. The highest BCUT2D eigenvalue weighted by atomic mass is 16.5. The van der Waals surface area contributed by atoms with E-state index in [4.69, 9.17) is 4.74 Å². The first kappa shape index (κ1) is 15.7. The van der Waals surface area contributed by atoms with Crippen LogP contribution in [0.3, 0.4) is 0 Å². The molecular formula is C20H21N3O2. The molecule has 1 amide bonds. The largest absolute Gasteiger partial charge is 0.488 e. The smallest absolute Gasteiger partial charge is 0.228 e. The summed E-state index contributed by atoms with van der Waals surface area (Å²) in [5.41, 5.74) is 4.13.